The highest BCUT2D eigenvalue weighted by atomic mass is 32.2. The van der Waals surface area contributed by atoms with E-state index in [1.54, 1.807) is 6.33 Å². The molecule has 3 atom stereocenters. The van der Waals surface area contributed by atoms with Gasteiger partial charge in [0, 0.05) is 24.6 Å². The van der Waals surface area contributed by atoms with Gasteiger partial charge >= 0.3 is 0 Å². The van der Waals surface area contributed by atoms with Crippen molar-refractivity contribution in [2.45, 2.75) is 18.6 Å². The molecule has 0 spiro atoms. The summed E-state index contributed by atoms with van der Waals surface area (Å²) in [6.45, 7) is 0.707. The monoisotopic (exact) mass is 333 g/mol. The van der Waals surface area contributed by atoms with Crippen LogP contribution in [0.3, 0.4) is 0 Å². The van der Waals surface area contributed by atoms with Crippen molar-refractivity contribution >= 4 is 10.0 Å². The number of imidazole rings is 1. The molecule has 3 heterocycles. The van der Waals surface area contributed by atoms with Gasteiger partial charge in [-0.25, -0.2) is 17.7 Å². The minimum atomic E-state index is -3.26. The molecule has 1 fully saturated rings. The average molecular weight is 333 g/mol. The van der Waals surface area contributed by atoms with Gasteiger partial charge in [0.2, 0.25) is 10.0 Å². The number of aliphatic hydroxyl groups excluding tert-OH is 1. The molecule has 122 valence electrons. The molecule has 0 radical (unpaired) electrons. The third-order valence-electron chi connectivity index (χ3n) is 4.98. The standard InChI is InChI=1S/C16H19N3O3S/c1-23(21,22)18-7-6-15(20)13(9-18)16-12-5-3-2-4-11(12)14-8-17-10-19(14)16/h2-5,8,10,13,15-16,20H,6-7,9H2,1H3/t13-,15+,16-/m0/s1. The first-order valence-corrected chi connectivity index (χ1v) is 9.56. The number of piperidine rings is 1. The Morgan fingerprint density at radius 2 is 2.09 bits per heavy atom. The summed E-state index contributed by atoms with van der Waals surface area (Å²) < 4.78 is 27.4. The maximum absolute atomic E-state index is 11.9. The molecule has 0 unspecified atom stereocenters. The van der Waals surface area contributed by atoms with Crippen LogP contribution in [0.4, 0.5) is 0 Å². The number of sulfonamides is 1. The van der Waals surface area contributed by atoms with Crippen molar-refractivity contribution in [3.63, 3.8) is 0 Å². The van der Waals surface area contributed by atoms with Gasteiger partial charge in [0.15, 0.2) is 0 Å². The van der Waals surface area contributed by atoms with Crippen LogP contribution in [0.15, 0.2) is 36.8 Å². The van der Waals surface area contributed by atoms with Crippen LogP contribution in [0, 0.1) is 5.92 Å². The topological polar surface area (TPSA) is 75.4 Å². The Bertz CT molecular complexity index is 846. The van der Waals surface area contributed by atoms with Crippen LogP contribution in [0.25, 0.3) is 11.3 Å². The van der Waals surface area contributed by atoms with Gasteiger partial charge in [0.05, 0.1) is 36.6 Å². The van der Waals surface area contributed by atoms with E-state index in [-0.39, 0.29) is 12.0 Å². The molecule has 1 aromatic carbocycles. The van der Waals surface area contributed by atoms with E-state index in [1.165, 1.54) is 10.6 Å². The molecular formula is C16H19N3O3S. The summed E-state index contributed by atoms with van der Waals surface area (Å²) in [6, 6.07) is 7.99. The fourth-order valence-corrected chi connectivity index (χ4v) is 4.74. The van der Waals surface area contributed by atoms with Crippen molar-refractivity contribution in [3.05, 3.63) is 42.4 Å². The molecule has 1 saturated heterocycles. The fourth-order valence-electron chi connectivity index (χ4n) is 3.86. The average Bonchev–Trinajstić information content (AvgIpc) is 3.07. The number of aromatic nitrogens is 2. The van der Waals surface area contributed by atoms with E-state index in [4.69, 9.17) is 0 Å². The molecule has 6 nitrogen and oxygen atoms in total. The first-order valence-electron chi connectivity index (χ1n) is 7.71. The number of aliphatic hydroxyl groups is 1. The number of rotatable bonds is 2. The van der Waals surface area contributed by atoms with Crippen LogP contribution >= 0.6 is 0 Å². The van der Waals surface area contributed by atoms with Crippen LogP contribution < -0.4 is 0 Å². The molecule has 1 N–H and O–H groups in total. The van der Waals surface area contributed by atoms with Crippen LogP contribution in [0.2, 0.25) is 0 Å². The summed E-state index contributed by atoms with van der Waals surface area (Å²) in [5.74, 6) is -0.185. The summed E-state index contributed by atoms with van der Waals surface area (Å²) in [5.41, 5.74) is 3.26. The molecule has 0 amide bonds. The van der Waals surface area contributed by atoms with E-state index in [0.717, 1.165) is 16.8 Å². The lowest BCUT2D eigenvalue weighted by atomic mass is 9.85. The molecule has 2 aliphatic heterocycles. The molecular weight excluding hydrogens is 314 g/mol. The Labute approximate surface area is 135 Å². The van der Waals surface area contributed by atoms with Crippen molar-refractivity contribution in [1.29, 1.82) is 0 Å². The summed E-state index contributed by atoms with van der Waals surface area (Å²) in [4.78, 5) is 4.23. The molecule has 0 saturated carbocycles. The predicted molar refractivity (Wildman–Crippen MR) is 86.3 cm³/mol. The van der Waals surface area contributed by atoms with E-state index in [0.29, 0.717) is 19.5 Å². The van der Waals surface area contributed by atoms with Crippen molar-refractivity contribution in [2.24, 2.45) is 5.92 Å². The summed E-state index contributed by atoms with van der Waals surface area (Å²) >= 11 is 0. The number of fused-ring (bicyclic) bond motifs is 3. The molecule has 0 bridgehead atoms. The predicted octanol–water partition coefficient (Wildman–Crippen LogP) is 1.10. The van der Waals surface area contributed by atoms with Crippen LogP contribution in [-0.4, -0.2) is 52.8 Å². The van der Waals surface area contributed by atoms with Crippen molar-refractivity contribution in [1.82, 2.24) is 13.9 Å². The Kier molecular flexibility index (Phi) is 3.33. The van der Waals surface area contributed by atoms with Crippen LogP contribution in [0.5, 0.6) is 0 Å². The highest BCUT2D eigenvalue weighted by Crippen LogP contribution is 2.45. The van der Waals surface area contributed by atoms with Gasteiger partial charge < -0.3 is 9.67 Å². The minimum absolute atomic E-state index is 0.0803. The van der Waals surface area contributed by atoms with Gasteiger partial charge in [0.1, 0.15) is 0 Å². The Morgan fingerprint density at radius 3 is 2.87 bits per heavy atom. The van der Waals surface area contributed by atoms with Gasteiger partial charge in [-0.15, -0.1) is 0 Å². The number of nitrogens with zero attached hydrogens (tertiary/aromatic N) is 3. The zero-order valence-corrected chi connectivity index (χ0v) is 13.6. The van der Waals surface area contributed by atoms with Crippen LogP contribution in [-0.2, 0) is 10.0 Å². The Hall–Kier alpha value is -1.70. The Balaban J connectivity index is 1.78. The maximum Gasteiger partial charge on any atom is 0.211 e. The number of hydrogen-bond donors (Lipinski definition) is 1. The Morgan fingerprint density at radius 1 is 1.30 bits per heavy atom. The summed E-state index contributed by atoms with van der Waals surface area (Å²) in [5, 5.41) is 10.5. The van der Waals surface area contributed by atoms with Crippen molar-refractivity contribution in [2.75, 3.05) is 19.3 Å². The SMILES string of the molecule is CS(=O)(=O)N1CC[C@@H](O)[C@@H]([C@@H]2c3ccccc3-c3cncn32)C1. The second kappa shape index (κ2) is 5.15. The van der Waals surface area contributed by atoms with E-state index in [9.17, 15) is 13.5 Å². The van der Waals surface area contributed by atoms with Crippen molar-refractivity contribution < 1.29 is 13.5 Å². The largest absolute Gasteiger partial charge is 0.393 e. The zero-order valence-electron chi connectivity index (χ0n) is 12.8. The van der Waals surface area contributed by atoms with Crippen molar-refractivity contribution in [3.8, 4) is 11.3 Å². The third-order valence-corrected chi connectivity index (χ3v) is 6.25. The maximum atomic E-state index is 11.9. The second-order valence-electron chi connectivity index (χ2n) is 6.36. The van der Waals surface area contributed by atoms with Gasteiger partial charge in [-0.1, -0.05) is 24.3 Å². The van der Waals surface area contributed by atoms with Gasteiger partial charge in [-0.2, -0.15) is 0 Å². The molecule has 23 heavy (non-hydrogen) atoms. The number of hydrogen-bond acceptors (Lipinski definition) is 4. The summed E-state index contributed by atoms with van der Waals surface area (Å²) in [7, 11) is -3.26. The third kappa shape index (κ3) is 2.31. The molecule has 2 aliphatic rings. The smallest absolute Gasteiger partial charge is 0.211 e. The normalized spacial score (nSPS) is 27.7. The van der Waals surface area contributed by atoms with E-state index >= 15 is 0 Å². The van der Waals surface area contributed by atoms with Gasteiger partial charge in [0.25, 0.3) is 0 Å². The fraction of sp³-hybridized carbons (Fsp3) is 0.438. The first-order chi connectivity index (χ1) is 11.0. The highest BCUT2D eigenvalue weighted by Gasteiger charge is 2.42. The molecule has 7 heteroatoms. The molecule has 4 rings (SSSR count). The van der Waals surface area contributed by atoms with E-state index < -0.39 is 16.1 Å². The van der Waals surface area contributed by atoms with E-state index in [1.807, 2.05) is 24.4 Å². The molecule has 2 aromatic rings. The van der Waals surface area contributed by atoms with Gasteiger partial charge in [-0.3, -0.25) is 0 Å². The lowest BCUT2D eigenvalue weighted by Gasteiger charge is -2.38. The quantitative estimate of drug-likeness (QED) is 0.893. The number of benzene rings is 1. The lowest BCUT2D eigenvalue weighted by Crippen LogP contribution is -2.48. The second-order valence-corrected chi connectivity index (χ2v) is 8.34. The van der Waals surface area contributed by atoms with E-state index in [2.05, 4.69) is 15.6 Å². The first kappa shape index (κ1) is 14.9. The lowest BCUT2D eigenvalue weighted by molar-refractivity contribution is 0.0358. The summed E-state index contributed by atoms with van der Waals surface area (Å²) in [6.07, 6.45) is 4.75. The molecule has 0 aliphatic carbocycles. The molecule has 1 aromatic heterocycles. The minimum Gasteiger partial charge on any atom is -0.393 e. The van der Waals surface area contributed by atoms with Gasteiger partial charge in [-0.05, 0) is 12.0 Å². The zero-order chi connectivity index (χ0) is 16.2. The van der Waals surface area contributed by atoms with Crippen LogP contribution in [0.1, 0.15) is 18.0 Å². The highest BCUT2D eigenvalue weighted by molar-refractivity contribution is 7.88.